The molecule has 0 heterocycles. The molecule has 1 heteroatoms. The van der Waals surface area contributed by atoms with Gasteiger partial charge >= 0.3 is 0 Å². The Morgan fingerprint density at radius 1 is 1.14 bits per heavy atom. The molecule has 0 aliphatic heterocycles. The van der Waals surface area contributed by atoms with Gasteiger partial charge in [-0.1, -0.05) is 41.0 Å². The molecule has 1 nitrogen and oxygen atoms in total. The van der Waals surface area contributed by atoms with Crippen molar-refractivity contribution in [2.75, 3.05) is 6.54 Å². The van der Waals surface area contributed by atoms with Crippen molar-refractivity contribution in [3.05, 3.63) is 0 Å². The zero-order valence-corrected chi connectivity index (χ0v) is 10.8. The molecule has 1 aliphatic carbocycles. The molecule has 1 N–H and O–H groups in total. The quantitative estimate of drug-likeness (QED) is 0.712. The molecule has 14 heavy (non-hydrogen) atoms. The van der Waals surface area contributed by atoms with Gasteiger partial charge in [0.25, 0.3) is 0 Å². The molecule has 0 aromatic carbocycles. The molecule has 0 aromatic rings. The first kappa shape index (κ1) is 12.0. The Hall–Kier alpha value is -0.0400. The van der Waals surface area contributed by atoms with Gasteiger partial charge in [0.1, 0.15) is 0 Å². The molecule has 1 saturated carbocycles. The van der Waals surface area contributed by atoms with Gasteiger partial charge in [0.2, 0.25) is 0 Å². The number of rotatable bonds is 5. The lowest BCUT2D eigenvalue weighted by Crippen LogP contribution is -2.29. The topological polar surface area (TPSA) is 12.0 Å². The lowest BCUT2D eigenvalue weighted by atomic mass is 10.0. The number of hydrogen-bond acceptors (Lipinski definition) is 1. The Labute approximate surface area is 89.7 Å². The van der Waals surface area contributed by atoms with Crippen LogP contribution >= 0.6 is 0 Å². The van der Waals surface area contributed by atoms with Crippen LogP contribution in [0.5, 0.6) is 0 Å². The molecule has 1 atom stereocenters. The highest BCUT2D eigenvalue weighted by molar-refractivity contribution is 5.12. The third-order valence-electron chi connectivity index (χ3n) is 4.71. The van der Waals surface area contributed by atoms with Crippen molar-refractivity contribution in [2.45, 2.75) is 60.4 Å². The standard InChI is InChI=1S/C13H27N/c1-7-8-10(2)14-9-11-12(3,4)13(11,5)6/h10-11,14H,7-9H2,1-6H3. The fourth-order valence-electron chi connectivity index (χ4n) is 2.70. The minimum atomic E-state index is 0.534. The van der Waals surface area contributed by atoms with Crippen molar-refractivity contribution in [2.24, 2.45) is 16.7 Å². The average Bonchev–Trinajstić information content (AvgIpc) is 2.41. The maximum Gasteiger partial charge on any atom is 0.00387 e. The number of hydrogen-bond donors (Lipinski definition) is 1. The van der Waals surface area contributed by atoms with Gasteiger partial charge in [-0.05, 0) is 36.6 Å². The molecule has 0 radical (unpaired) electrons. The largest absolute Gasteiger partial charge is 0.314 e. The van der Waals surface area contributed by atoms with Crippen LogP contribution in [0.25, 0.3) is 0 Å². The first-order valence-corrected chi connectivity index (χ1v) is 6.07. The third-order valence-corrected chi connectivity index (χ3v) is 4.71. The smallest absolute Gasteiger partial charge is 0.00387 e. The maximum absolute atomic E-state index is 3.66. The van der Waals surface area contributed by atoms with Crippen LogP contribution in [0, 0.1) is 16.7 Å². The zero-order valence-electron chi connectivity index (χ0n) is 10.8. The monoisotopic (exact) mass is 197 g/mol. The molecule has 0 aromatic heterocycles. The maximum atomic E-state index is 3.66. The van der Waals surface area contributed by atoms with E-state index in [1.54, 1.807) is 0 Å². The predicted molar refractivity (Wildman–Crippen MR) is 63.4 cm³/mol. The zero-order chi connectivity index (χ0) is 11.0. The van der Waals surface area contributed by atoms with Crippen LogP contribution in [0.4, 0.5) is 0 Å². The molecular formula is C13H27N. The van der Waals surface area contributed by atoms with Gasteiger partial charge in [-0.2, -0.15) is 0 Å². The molecule has 0 amide bonds. The summed E-state index contributed by atoms with van der Waals surface area (Å²) in [6, 6.07) is 0.687. The van der Waals surface area contributed by atoms with E-state index in [0.717, 1.165) is 5.92 Å². The van der Waals surface area contributed by atoms with Gasteiger partial charge in [0, 0.05) is 6.04 Å². The fraction of sp³-hybridized carbons (Fsp3) is 1.00. The predicted octanol–water partition coefficient (Wildman–Crippen LogP) is 3.45. The van der Waals surface area contributed by atoms with E-state index in [-0.39, 0.29) is 0 Å². The summed E-state index contributed by atoms with van der Waals surface area (Å²) < 4.78 is 0. The highest BCUT2D eigenvalue weighted by Crippen LogP contribution is 2.67. The van der Waals surface area contributed by atoms with Gasteiger partial charge in [-0.15, -0.1) is 0 Å². The summed E-state index contributed by atoms with van der Waals surface area (Å²) >= 11 is 0. The molecular weight excluding hydrogens is 170 g/mol. The highest BCUT2D eigenvalue weighted by Gasteiger charge is 2.63. The van der Waals surface area contributed by atoms with E-state index in [2.05, 4.69) is 46.9 Å². The Balaban J connectivity index is 2.28. The Morgan fingerprint density at radius 2 is 1.64 bits per heavy atom. The van der Waals surface area contributed by atoms with E-state index < -0.39 is 0 Å². The van der Waals surface area contributed by atoms with Crippen LogP contribution in [0.15, 0.2) is 0 Å². The first-order valence-electron chi connectivity index (χ1n) is 6.07. The summed E-state index contributed by atoms with van der Waals surface area (Å²) in [6.07, 6.45) is 2.58. The third kappa shape index (κ3) is 1.98. The summed E-state index contributed by atoms with van der Waals surface area (Å²) in [5.74, 6) is 0.856. The highest BCUT2D eigenvalue weighted by atomic mass is 14.9. The molecule has 1 rings (SSSR count). The van der Waals surface area contributed by atoms with Crippen molar-refractivity contribution in [1.82, 2.24) is 5.32 Å². The van der Waals surface area contributed by atoms with E-state index in [9.17, 15) is 0 Å². The van der Waals surface area contributed by atoms with Crippen molar-refractivity contribution in [1.29, 1.82) is 0 Å². The van der Waals surface area contributed by atoms with Gasteiger partial charge in [-0.3, -0.25) is 0 Å². The summed E-state index contributed by atoms with van der Waals surface area (Å²) in [4.78, 5) is 0. The Kier molecular flexibility index (Phi) is 3.30. The van der Waals surface area contributed by atoms with Crippen LogP contribution in [0.1, 0.15) is 54.4 Å². The molecule has 0 bridgehead atoms. The summed E-state index contributed by atoms with van der Waals surface area (Å²) in [5, 5.41) is 3.66. The number of nitrogens with one attached hydrogen (secondary N) is 1. The summed E-state index contributed by atoms with van der Waals surface area (Å²) in [5.41, 5.74) is 1.07. The van der Waals surface area contributed by atoms with Crippen LogP contribution in [-0.4, -0.2) is 12.6 Å². The molecule has 1 unspecified atom stereocenters. The molecule has 0 saturated heterocycles. The van der Waals surface area contributed by atoms with E-state index >= 15 is 0 Å². The van der Waals surface area contributed by atoms with Crippen LogP contribution in [0.3, 0.4) is 0 Å². The normalized spacial score (nSPS) is 26.1. The lowest BCUT2D eigenvalue weighted by molar-refractivity contribution is 0.457. The van der Waals surface area contributed by atoms with Gasteiger partial charge in [0.05, 0.1) is 0 Å². The van der Waals surface area contributed by atoms with Gasteiger partial charge < -0.3 is 5.32 Å². The molecule has 1 aliphatic rings. The van der Waals surface area contributed by atoms with E-state index in [1.165, 1.54) is 19.4 Å². The second-order valence-corrected chi connectivity index (χ2v) is 6.09. The molecule has 0 spiro atoms. The van der Waals surface area contributed by atoms with Crippen LogP contribution < -0.4 is 5.32 Å². The average molecular weight is 197 g/mol. The van der Waals surface area contributed by atoms with Crippen LogP contribution in [0.2, 0.25) is 0 Å². The second kappa shape index (κ2) is 3.84. The Bertz CT molecular complexity index is 179. The molecule has 1 fully saturated rings. The lowest BCUT2D eigenvalue weighted by Gasteiger charge is -2.13. The first-order chi connectivity index (χ1) is 6.34. The van der Waals surface area contributed by atoms with Crippen molar-refractivity contribution < 1.29 is 0 Å². The van der Waals surface area contributed by atoms with Gasteiger partial charge in [0.15, 0.2) is 0 Å². The molecule has 84 valence electrons. The van der Waals surface area contributed by atoms with E-state index in [0.29, 0.717) is 16.9 Å². The van der Waals surface area contributed by atoms with Crippen molar-refractivity contribution >= 4 is 0 Å². The second-order valence-electron chi connectivity index (χ2n) is 6.09. The van der Waals surface area contributed by atoms with Crippen LogP contribution in [-0.2, 0) is 0 Å². The fourth-order valence-corrected chi connectivity index (χ4v) is 2.70. The van der Waals surface area contributed by atoms with Crippen molar-refractivity contribution in [3.8, 4) is 0 Å². The minimum Gasteiger partial charge on any atom is -0.314 e. The van der Waals surface area contributed by atoms with Gasteiger partial charge in [-0.25, -0.2) is 0 Å². The minimum absolute atomic E-state index is 0.534. The van der Waals surface area contributed by atoms with Crippen molar-refractivity contribution in [3.63, 3.8) is 0 Å². The summed E-state index contributed by atoms with van der Waals surface area (Å²) in [6.45, 7) is 15.3. The van der Waals surface area contributed by atoms with E-state index in [4.69, 9.17) is 0 Å². The summed E-state index contributed by atoms with van der Waals surface area (Å²) in [7, 11) is 0. The van der Waals surface area contributed by atoms with E-state index in [1.807, 2.05) is 0 Å². The Morgan fingerprint density at radius 3 is 2.00 bits per heavy atom. The SMILES string of the molecule is CCCC(C)NCC1C(C)(C)C1(C)C.